The van der Waals surface area contributed by atoms with Crippen LogP contribution in [-0.4, -0.2) is 12.0 Å². The third-order valence-corrected chi connectivity index (χ3v) is 9.56. The van der Waals surface area contributed by atoms with Gasteiger partial charge in [-0.3, -0.25) is 0 Å². The zero-order chi connectivity index (χ0) is 29.4. The van der Waals surface area contributed by atoms with Gasteiger partial charge in [-0.05, 0) is 80.1 Å². The SMILES string of the molecule is CCCCC(Nc1cccc2c1C1(OC(=O)c3ccccc31)c1cc(Nc3ccccc3)c(C)cc1O2)C1CCCCC1. The van der Waals surface area contributed by atoms with Crippen molar-refractivity contribution in [2.45, 2.75) is 76.9 Å². The summed E-state index contributed by atoms with van der Waals surface area (Å²) in [6, 6.07) is 28.7. The van der Waals surface area contributed by atoms with Crippen molar-refractivity contribution in [2.75, 3.05) is 10.6 Å². The maximum atomic E-state index is 13.6. The van der Waals surface area contributed by atoms with Crippen LogP contribution in [0.5, 0.6) is 11.5 Å². The van der Waals surface area contributed by atoms with E-state index in [0.29, 0.717) is 23.3 Å². The van der Waals surface area contributed by atoms with Crippen molar-refractivity contribution in [3.05, 3.63) is 113 Å². The summed E-state index contributed by atoms with van der Waals surface area (Å²) in [5, 5.41) is 7.61. The summed E-state index contributed by atoms with van der Waals surface area (Å²) in [7, 11) is 0. The third-order valence-electron chi connectivity index (χ3n) is 9.56. The van der Waals surface area contributed by atoms with Crippen molar-refractivity contribution < 1.29 is 14.3 Å². The molecule has 5 heteroatoms. The van der Waals surface area contributed by atoms with E-state index in [1.807, 2.05) is 48.5 Å². The van der Waals surface area contributed by atoms with Gasteiger partial charge in [0.2, 0.25) is 0 Å². The molecule has 0 aromatic heterocycles. The summed E-state index contributed by atoms with van der Waals surface area (Å²) in [6.07, 6.45) is 9.90. The molecule has 0 radical (unpaired) electrons. The van der Waals surface area contributed by atoms with E-state index in [9.17, 15) is 4.79 Å². The first-order valence-corrected chi connectivity index (χ1v) is 16.0. The lowest BCUT2D eigenvalue weighted by Gasteiger charge is -2.40. The molecule has 2 heterocycles. The van der Waals surface area contributed by atoms with Crippen molar-refractivity contribution in [2.24, 2.45) is 5.92 Å². The van der Waals surface area contributed by atoms with Crippen molar-refractivity contribution in [3.63, 3.8) is 0 Å². The number of ether oxygens (including phenoxy) is 2. The van der Waals surface area contributed by atoms with Gasteiger partial charge in [0, 0.05) is 34.2 Å². The molecule has 1 spiro atoms. The molecule has 1 aliphatic carbocycles. The Morgan fingerprint density at radius 3 is 2.47 bits per heavy atom. The molecule has 4 aromatic rings. The highest BCUT2D eigenvalue weighted by molar-refractivity contribution is 5.97. The summed E-state index contributed by atoms with van der Waals surface area (Å²) >= 11 is 0. The minimum Gasteiger partial charge on any atom is -0.456 e. The number of carbonyl (C=O) groups excluding carboxylic acids is 1. The van der Waals surface area contributed by atoms with Crippen LogP contribution in [0.3, 0.4) is 0 Å². The van der Waals surface area contributed by atoms with Gasteiger partial charge in [0.25, 0.3) is 0 Å². The molecule has 2 N–H and O–H groups in total. The Labute approximate surface area is 254 Å². The van der Waals surface area contributed by atoms with Gasteiger partial charge in [-0.25, -0.2) is 4.79 Å². The van der Waals surface area contributed by atoms with E-state index in [0.717, 1.165) is 51.5 Å². The van der Waals surface area contributed by atoms with E-state index < -0.39 is 5.60 Å². The Morgan fingerprint density at radius 1 is 0.860 bits per heavy atom. The number of esters is 1. The number of rotatable bonds is 8. The molecule has 1 fully saturated rings. The van der Waals surface area contributed by atoms with Gasteiger partial charge in [0.05, 0.1) is 11.1 Å². The van der Waals surface area contributed by atoms with E-state index in [2.05, 4.69) is 60.9 Å². The molecular formula is C38H40N2O3. The van der Waals surface area contributed by atoms with Gasteiger partial charge in [-0.1, -0.05) is 81.5 Å². The Kier molecular flexibility index (Phi) is 7.34. The average Bonchev–Trinajstić information content (AvgIpc) is 3.33. The van der Waals surface area contributed by atoms with Gasteiger partial charge >= 0.3 is 5.97 Å². The number of para-hydroxylation sites is 1. The van der Waals surface area contributed by atoms with Gasteiger partial charge in [-0.2, -0.15) is 0 Å². The van der Waals surface area contributed by atoms with E-state index in [4.69, 9.17) is 9.47 Å². The topological polar surface area (TPSA) is 59.6 Å². The van der Waals surface area contributed by atoms with E-state index in [1.165, 1.54) is 44.9 Å². The molecule has 0 saturated heterocycles. The van der Waals surface area contributed by atoms with Crippen LogP contribution in [0, 0.1) is 12.8 Å². The van der Waals surface area contributed by atoms with Crippen molar-refractivity contribution >= 4 is 23.0 Å². The maximum absolute atomic E-state index is 13.6. The second-order valence-electron chi connectivity index (χ2n) is 12.3. The van der Waals surface area contributed by atoms with Crippen LogP contribution in [0.15, 0.2) is 84.9 Å². The van der Waals surface area contributed by atoms with Gasteiger partial charge in [0.15, 0.2) is 5.60 Å². The van der Waals surface area contributed by atoms with Crippen molar-refractivity contribution in [3.8, 4) is 11.5 Å². The van der Waals surface area contributed by atoms with Crippen LogP contribution in [0.1, 0.15) is 90.9 Å². The second-order valence-corrected chi connectivity index (χ2v) is 12.3. The summed E-state index contributed by atoms with van der Waals surface area (Å²) in [5.41, 5.74) is 6.01. The smallest absolute Gasteiger partial charge is 0.340 e. The van der Waals surface area contributed by atoms with Crippen LogP contribution in [-0.2, 0) is 10.3 Å². The normalized spacial score (nSPS) is 19.5. The standard InChI is InChI=1S/C38H40N2O3/c1-3-4-20-31(26-14-7-5-8-15-26)40-32-21-13-22-34-36(32)38(29-19-12-11-18-28(29)37(41)43-38)30-24-33(25(2)23-35(30)42-34)39-27-16-9-6-10-17-27/h6,9-13,16-19,21-24,26,31,39-40H,3-5,7-8,14-15,20H2,1-2H3. The second kappa shape index (κ2) is 11.4. The van der Waals surface area contributed by atoms with Crippen LogP contribution in [0.4, 0.5) is 17.1 Å². The average molecular weight is 573 g/mol. The molecule has 7 rings (SSSR count). The van der Waals surface area contributed by atoms with Gasteiger partial charge < -0.3 is 20.1 Å². The third kappa shape index (κ3) is 4.85. The number of fused-ring (bicyclic) bond motifs is 6. The highest BCUT2D eigenvalue weighted by Gasteiger charge is 2.55. The Balaban J connectivity index is 1.40. The minimum atomic E-state index is -1.14. The lowest BCUT2D eigenvalue weighted by atomic mass is 9.76. The fourth-order valence-electron chi connectivity index (χ4n) is 7.39. The van der Waals surface area contributed by atoms with Crippen molar-refractivity contribution in [1.29, 1.82) is 0 Å². The Morgan fingerprint density at radius 2 is 1.65 bits per heavy atom. The zero-order valence-corrected chi connectivity index (χ0v) is 25.1. The first kappa shape index (κ1) is 27.6. The molecule has 2 aliphatic heterocycles. The number of unbranched alkanes of at least 4 members (excludes halogenated alkanes) is 1. The van der Waals surface area contributed by atoms with Crippen LogP contribution < -0.4 is 15.4 Å². The molecule has 2 atom stereocenters. The number of hydrogen-bond acceptors (Lipinski definition) is 5. The number of anilines is 3. The number of nitrogens with one attached hydrogen (secondary N) is 2. The number of benzene rings is 4. The summed E-state index contributed by atoms with van der Waals surface area (Å²) in [6.45, 7) is 4.34. The predicted molar refractivity (Wildman–Crippen MR) is 173 cm³/mol. The first-order valence-electron chi connectivity index (χ1n) is 16.0. The Bertz CT molecular complexity index is 1640. The van der Waals surface area contributed by atoms with Crippen LogP contribution in [0.2, 0.25) is 0 Å². The van der Waals surface area contributed by atoms with Gasteiger partial charge in [0.1, 0.15) is 11.5 Å². The van der Waals surface area contributed by atoms with Crippen molar-refractivity contribution in [1.82, 2.24) is 0 Å². The summed E-state index contributed by atoms with van der Waals surface area (Å²) in [5.74, 6) is 1.76. The predicted octanol–water partition coefficient (Wildman–Crippen LogP) is 9.86. The van der Waals surface area contributed by atoms with Crippen LogP contribution >= 0.6 is 0 Å². The molecule has 1 saturated carbocycles. The summed E-state index contributed by atoms with van der Waals surface area (Å²) in [4.78, 5) is 13.6. The van der Waals surface area contributed by atoms with Gasteiger partial charge in [-0.15, -0.1) is 0 Å². The van der Waals surface area contributed by atoms with Crippen LogP contribution in [0.25, 0.3) is 0 Å². The summed E-state index contributed by atoms with van der Waals surface area (Å²) < 4.78 is 13.3. The quantitative estimate of drug-likeness (QED) is 0.206. The number of carbonyl (C=O) groups is 1. The molecule has 0 bridgehead atoms. The lowest BCUT2D eigenvalue weighted by Crippen LogP contribution is -2.36. The number of aryl methyl sites for hydroxylation is 1. The van der Waals surface area contributed by atoms with E-state index in [-0.39, 0.29) is 5.97 Å². The molecule has 0 amide bonds. The Hall–Kier alpha value is -4.25. The molecule has 2 unspecified atom stereocenters. The molecule has 5 nitrogen and oxygen atoms in total. The molecule has 4 aromatic carbocycles. The number of hydrogen-bond donors (Lipinski definition) is 2. The molecule has 3 aliphatic rings. The monoisotopic (exact) mass is 572 g/mol. The molecule has 43 heavy (non-hydrogen) atoms. The fourth-order valence-corrected chi connectivity index (χ4v) is 7.39. The fraction of sp³-hybridized carbons (Fsp3) is 0.342. The zero-order valence-electron chi connectivity index (χ0n) is 25.1. The lowest BCUT2D eigenvalue weighted by molar-refractivity contribution is 0.0226. The minimum absolute atomic E-state index is 0.308. The largest absolute Gasteiger partial charge is 0.456 e. The first-order chi connectivity index (χ1) is 21.1. The highest BCUT2D eigenvalue weighted by Crippen LogP contribution is 2.59. The molecule has 220 valence electrons. The molecular weight excluding hydrogens is 532 g/mol. The maximum Gasteiger partial charge on any atom is 0.340 e. The van der Waals surface area contributed by atoms with E-state index in [1.54, 1.807) is 0 Å². The highest BCUT2D eigenvalue weighted by atomic mass is 16.6. The van der Waals surface area contributed by atoms with E-state index >= 15 is 0 Å².